The zero-order valence-electron chi connectivity index (χ0n) is 31.0. The van der Waals surface area contributed by atoms with E-state index in [4.69, 9.17) is 33.1 Å². The van der Waals surface area contributed by atoms with E-state index in [1.165, 1.54) is 0 Å². The molecule has 1 saturated carbocycles. The Morgan fingerprint density at radius 1 is 0.929 bits per heavy atom. The number of nitrogens with zero attached hydrogens (tertiary/aromatic N) is 5. The number of ether oxygens (including phenoxy) is 1. The number of allylic oxidation sites excluding steroid dienone is 2. The van der Waals surface area contributed by atoms with Crippen LogP contribution in [0.1, 0.15) is 71.2 Å². The second-order valence-electron chi connectivity index (χ2n) is 15.1. The number of nitrogens with two attached hydrogens (primary N) is 2. The van der Waals surface area contributed by atoms with Crippen LogP contribution in [0.5, 0.6) is 5.75 Å². The first-order chi connectivity index (χ1) is 27.0. The Morgan fingerprint density at radius 2 is 1.68 bits per heavy atom. The van der Waals surface area contributed by atoms with Crippen LogP contribution in [0.2, 0.25) is 5.02 Å². The summed E-state index contributed by atoms with van der Waals surface area (Å²) in [4.78, 5) is 71.1. The van der Waals surface area contributed by atoms with Gasteiger partial charge in [-0.2, -0.15) is 5.26 Å². The number of amides is 5. The highest BCUT2D eigenvalue weighted by Gasteiger charge is 2.45. The van der Waals surface area contributed by atoms with Gasteiger partial charge < -0.3 is 31.3 Å². The Bertz CT molecular complexity index is 2010. The van der Waals surface area contributed by atoms with Gasteiger partial charge >= 0.3 is 0 Å². The number of fused-ring (bicyclic) bond motifs is 1. The molecule has 2 aromatic rings. The summed E-state index contributed by atoms with van der Waals surface area (Å²) in [6.45, 7) is 5.91. The van der Waals surface area contributed by atoms with Crippen molar-refractivity contribution in [3.63, 3.8) is 0 Å². The molecule has 2 aromatic carbocycles. The third kappa shape index (κ3) is 8.46. The van der Waals surface area contributed by atoms with Crippen molar-refractivity contribution in [2.75, 3.05) is 50.7 Å². The first kappa shape index (κ1) is 38.7. The number of piperidine rings is 2. The molecule has 0 aromatic heterocycles. The molecule has 3 atom stereocenters. The lowest BCUT2D eigenvalue weighted by molar-refractivity contribution is -0.136. The van der Waals surface area contributed by atoms with Crippen LogP contribution in [0.15, 0.2) is 60.2 Å². The molecule has 294 valence electrons. The molecule has 4 aliphatic heterocycles. The Labute approximate surface area is 330 Å². The third-order valence-electron chi connectivity index (χ3n) is 11.5. The van der Waals surface area contributed by atoms with E-state index in [0.29, 0.717) is 46.5 Å². The molecule has 56 heavy (non-hydrogen) atoms. The second kappa shape index (κ2) is 16.6. The summed E-state index contributed by atoms with van der Waals surface area (Å²) < 4.78 is 6.01. The number of halogens is 1. The van der Waals surface area contributed by atoms with E-state index in [0.717, 1.165) is 75.7 Å². The molecule has 4 heterocycles. The fraction of sp³-hybridized carbons (Fsp3) is 0.450. The van der Waals surface area contributed by atoms with Crippen molar-refractivity contribution in [3.8, 4) is 11.8 Å². The minimum atomic E-state index is -0.982. The number of carbonyl (C=O) groups is 5. The largest absolute Gasteiger partial charge is 0.490 e. The molecule has 3 unspecified atom stereocenters. The average Bonchev–Trinajstić information content (AvgIpc) is 3.76. The highest BCUT2D eigenvalue weighted by atomic mass is 35.5. The van der Waals surface area contributed by atoms with Gasteiger partial charge in [0.1, 0.15) is 23.7 Å². The number of nitrogens with one attached hydrogen (secondary N) is 2. The van der Waals surface area contributed by atoms with Crippen molar-refractivity contribution in [3.05, 3.63) is 81.9 Å². The van der Waals surface area contributed by atoms with Gasteiger partial charge in [-0.25, -0.2) is 0 Å². The van der Waals surface area contributed by atoms with Crippen LogP contribution in [-0.2, 0) is 14.4 Å². The zero-order valence-corrected chi connectivity index (χ0v) is 31.8. The quantitative estimate of drug-likeness (QED) is 0.203. The molecule has 5 aliphatic rings. The topological polar surface area (TPSA) is 207 Å². The number of rotatable bonds is 10. The normalized spacial score (nSPS) is 23.9. The van der Waals surface area contributed by atoms with Crippen molar-refractivity contribution in [1.82, 2.24) is 25.3 Å². The number of anilines is 1. The summed E-state index contributed by atoms with van der Waals surface area (Å²) in [5.41, 5.74) is 14.4. The molecule has 6 N–H and O–H groups in total. The number of imide groups is 2. The number of benzene rings is 2. The minimum absolute atomic E-state index is 0.0836. The lowest BCUT2D eigenvalue weighted by Crippen LogP contribution is -2.54. The number of piperazine rings is 1. The molecule has 5 amide bonds. The first-order valence-corrected chi connectivity index (χ1v) is 19.5. The van der Waals surface area contributed by atoms with E-state index in [-0.39, 0.29) is 42.2 Å². The van der Waals surface area contributed by atoms with Gasteiger partial charge in [0.15, 0.2) is 0 Å². The summed E-state index contributed by atoms with van der Waals surface area (Å²) in [7, 11) is 0. The summed E-state index contributed by atoms with van der Waals surface area (Å²) >= 11 is 6.12. The van der Waals surface area contributed by atoms with Crippen molar-refractivity contribution < 1.29 is 28.7 Å². The molecule has 0 spiro atoms. The maximum absolute atomic E-state index is 13.3. The minimum Gasteiger partial charge on any atom is -0.490 e. The predicted octanol–water partition coefficient (Wildman–Crippen LogP) is 2.41. The number of hydrogen-bond acceptors (Lipinski definition) is 12. The number of nitriles is 1. The predicted molar refractivity (Wildman–Crippen MR) is 207 cm³/mol. The fourth-order valence-electron chi connectivity index (χ4n) is 8.29. The SMILES string of the molecule is N#Cc1ccc(OC2CCC(C(=O)N/C(N)=C/C=C(\N)N3CCC(CN4CCN(c5ccc6c(c5)C(=O)N(C5CCC(=O)NC5=O)C6=O)CC4)CC3)C2)cc1Cl. The van der Waals surface area contributed by atoms with Gasteiger partial charge in [0, 0.05) is 69.9 Å². The molecule has 7 rings (SSSR count). The smallest absolute Gasteiger partial charge is 0.262 e. The van der Waals surface area contributed by atoms with Crippen molar-refractivity contribution in [2.45, 2.75) is 57.1 Å². The van der Waals surface area contributed by atoms with Gasteiger partial charge in [0.05, 0.1) is 33.6 Å². The summed E-state index contributed by atoms with van der Waals surface area (Å²) in [5.74, 6) is -0.490. The van der Waals surface area contributed by atoms with Gasteiger partial charge in [-0.1, -0.05) is 11.6 Å². The van der Waals surface area contributed by atoms with E-state index in [1.807, 2.05) is 12.1 Å². The van der Waals surface area contributed by atoms with Crippen molar-refractivity contribution in [1.29, 1.82) is 5.26 Å². The number of likely N-dealkylation sites (tertiary alicyclic amines) is 1. The fourth-order valence-corrected chi connectivity index (χ4v) is 8.50. The number of carbonyl (C=O) groups excluding carboxylic acids is 5. The highest BCUT2D eigenvalue weighted by molar-refractivity contribution is 6.31. The first-order valence-electron chi connectivity index (χ1n) is 19.2. The van der Waals surface area contributed by atoms with Gasteiger partial charge in [-0.3, -0.25) is 39.1 Å². The van der Waals surface area contributed by atoms with Crippen LogP contribution in [0.3, 0.4) is 0 Å². The van der Waals surface area contributed by atoms with Crippen LogP contribution in [-0.4, -0.2) is 102 Å². The molecule has 3 saturated heterocycles. The maximum atomic E-state index is 13.3. The monoisotopic (exact) mass is 783 g/mol. The molecule has 0 bridgehead atoms. The molecular weight excluding hydrogens is 738 g/mol. The van der Waals surface area contributed by atoms with E-state index in [1.54, 1.807) is 42.5 Å². The second-order valence-corrected chi connectivity index (χ2v) is 15.5. The van der Waals surface area contributed by atoms with Crippen LogP contribution >= 0.6 is 11.6 Å². The lowest BCUT2D eigenvalue weighted by atomic mass is 9.96. The average molecular weight is 784 g/mol. The number of hydrogen-bond donors (Lipinski definition) is 4. The highest BCUT2D eigenvalue weighted by Crippen LogP contribution is 2.33. The molecular formula is C40H46ClN9O6. The standard InChI is InChI=1S/C40H46ClN9O6/c41-32-21-29(5-2-26(32)22-42)56-28-4-1-25(19-28)37(52)45-34(43)8-9-35(44)49-13-11-24(12-14-49)23-47-15-17-48(18-16-47)27-3-6-30-31(20-27)40(55)50(39(30)54)33-7-10-36(51)46-38(33)53/h2-3,5-6,8-9,20-21,24-25,28,33H,1,4,7,10-19,23,43-44H2,(H,45,52)(H,46,51,53)/b34-8+,35-9+. The van der Waals surface area contributed by atoms with Crippen LogP contribution in [0.4, 0.5) is 5.69 Å². The summed E-state index contributed by atoms with van der Waals surface area (Å²) in [6, 6.07) is 11.3. The molecule has 0 radical (unpaired) electrons. The summed E-state index contributed by atoms with van der Waals surface area (Å²) in [5, 5.41) is 14.4. The van der Waals surface area contributed by atoms with E-state index in [9.17, 15) is 24.0 Å². The summed E-state index contributed by atoms with van der Waals surface area (Å²) in [6.07, 6.45) is 7.37. The Morgan fingerprint density at radius 3 is 2.39 bits per heavy atom. The van der Waals surface area contributed by atoms with Crippen molar-refractivity contribution in [2.24, 2.45) is 23.3 Å². The Kier molecular flexibility index (Phi) is 11.5. The molecule has 4 fully saturated rings. The van der Waals surface area contributed by atoms with Gasteiger partial charge in [0.25, 0.3) is 11.8 Å². The van der Waals surface area contributed by atoms with Crippen LogP contribution < -0.4 is 31.7 Å². The van der Waals surface area contributed by atoms with Gasteiger partial charge in [-0.15, -0.1) is 0 Å². The van der Waals surface area contributed by atoms with Gasteiger partial charge in [-0.05, 0) is 86.9 Å². The molecule has 16 heteroatoms. The Balaban J connectivity index is 0.824. The third-order valence-corrected chi connectivity index (χ3v) is 11.8. The molecule has 1 aliphatic carbocycles. The van der Waals surface area contributed by atoms with Crippen molar-refractivity contribution >= 4 is 46.8 Å². The van der Waals surface area contributed by atoms with Gasteiger partial charge in [0.2, 0.25) is 17.7 Å². The van der Waals surface area contributed by atoms with Crippen LogP contribution in [0.25, 0.3) is 0 Å². The Hall–Kier alpha value is -5.59. The molecule has 15 nitrogen and oxygen atoms in total. The zero-order chi connectivity index (χ0) is 39.5. The van der Waals surface area contributed by atoms with Crippen LogP contribution in [0, 0.1) is 23.2 Å². The van der Waals surface area contributed by atoms with E-state index >= 15 is 0 Å². The van der Waals surface area contributed by atoms with E-state index in [2.05, 4.69) is 25.3 Å². The lowest BCUT2D eigenvalue weighted by Gasteiger charge is -2.40. The van der Waals surface area contributed by atoms with E-state index < -0.39 is 29.7 Å². The maximum Gasteiger partial charge on any atom is 0.262 e.